The Bertz CT molecular complexity index is 571. The first-order chi connectivity index (χ1) is 8.08. The van der Waals surface area contributed by atoms with Gasteiger partial charge in [0.15, 0.2) is 0 Å². The third-order valence-electron chi connectivity index (χ3n) is 2.43. The van der Waals surface area contributed by atoms with Gasteiger partial charge in [-0.2, -0.15) is 0 Å². The highest BCUT2D eigenvalue weighted by molar-refractivity contribution is 6.29. The van der Waals surface area contributed by atoms with Gasteiger partial charge in [-0.3, -0.25) is 4.79 Å². The number of halogens is 1. The maximum atomic E-state index is 10.8. The van der Waals surface area contributed by atoms with Crippen molar-refractivity contribution in [1.29, 1.82) is 0 Å². The Morgan fingerprint density at radius 1 is 1.41 bits per heavy atom. The number of nitrogens with one attached hydrogen (secondary N) is 1. The van der Waals surface area contributed by atoms with Crippen molar-refractivity contribution in [2.75, 3.05) is 5.32 Å². The SMILES string of the molecule is C[C@H](Nc1cccc2ccc(Cl)nc12)C(=O)O. The van der Waals surface area contributed by atoms with Gasteiger partial charge in [-0.25, -0.2) is 4.98 Å². The lowest BCUT2D eigenvalue weighted by molar-refractivity contribution is -0.137. The van der Waals surface area contributed by atoms with Crippen molar-refractivity contribution in [1.82, 2.24) is 4.98 Å². The van der Waals surface area contributed by atoms with Crippen molar-refractivity contribution in [3.05, 3.63) is 35.5 Å². The molecule has 1 aromatic carbocycles. The van der Waals surface area contributed by atoms with Crippen LogP contribution >= 0.6 is 11.6 Å². The Morgan fingerprint density at radius 3 is 2.88 bits per heavy atom. The number of nitrogens with zero attached hydrogens (tertiary/aromatic N) is 1. The molecule has 0 unspecified atom stereocenters. The van der Waals surface area contributed by atoms with Gasteiger partial charge < -0.3 is 10.4 Å². The largest absolute Gasteiger partial charge is 0.480 e. The van der Waals surface area contributed by atoms with Crippen LogP contribution in [-0.2, 0) is 4.79 Å². The maximum Gasteiger partial charge on any atom is 0.325 e. The number of benzene rings is 1. The molecule has 0 radical (unpaired) electrons. The van der Waals surface area contributed by atoms with Gasteiger partial charge in [0.1, 0.15) is 11.2 Å². The highest BCUT2D eigenvalue weighted by atomic mass is 35.5. The Labute approximate surface area is 103 Å². The maximum absolute atomic E-state index is 10.8. The van der Waals surface area contributed by atoms with Crippen molar-refractivity contribution < 1.29 is 9.90 Å². The minimum absolute atomic E-state index is 0.384. The second-order valence-corrected chi connectivity index (χ2v) is 4.10. The smallest absolute Gasteiger partial charge is 0.325 e. The lowest BCUT2D eigenvalue weighted by atomic mass is 10.2. The van der Waals surface area contributed by atoms with Crippen LogP contribution in [0.25, 0.3) is 10.9 Å². The van der Waals surface area contributed by atoms with Crippen molar-refractivity contribution in [2.45, 2.75) is 13.0 Å². The summed E-state index contributed by atoms with van der Waals surface area (Å²) < 4.78 is 0. The average molecular weight is 251 g/mol. The third kappa shape index (κ3) is 2.47. The van der Waals surface area contributed by atoms with Crippen LogP contribution in [0.5, 0.6) is 0 Å². The summed E-state index contributed by atoms with van der Waals surface area (Å²) in [5.74, 6) is -0.913. The number of pyridine rings is 1. The number of anilines is 1. The van der Waals surface area contributed by atoms with Gasteiger partial charge in [-0.05, 0) is 25.1 Å². The Morgan fingerprint density at radius 2 is 2.18 bits per heavy atom. The summed E-state index contributed by atoms with van der Waals surface area (Å²) in [6.07, 6.45) is 0. The molecular weight excluding hydrogens is 240 g/mol. The molecule has 1 atom stereocenters. The van der Waals surface area contributed by atoms with Crippen LogP contribution in [0, 0.1) is 0 Å². The van der Waals surface area contributed by atoms with Crippen LogP contribution < -0.4 is 5.32 Å². The third-order valence-corrected chi connectivity index (χ3v) is 2.64. The van der Waals surface area contributed by atoms with Crippen LogP contribution in [0.2, 0.25) is 5.15 Å². The summed E-state index contributed by atoms with van der Waals surface area (Å²) in [5, 5.41) is 13.0. The number of para-hydroxylation sites is 1. The summed E-state index contributed by atoms with van der Waals surface area (Å²) >= 11 is 5.83. The van der Waals surface area contributed by atoms with E-state index in [0.29, 0.717) is 16.4 Å². The molecule has 0 aliphatic carbocycles. The zero-order valence-corrected chi connectivity index (χ0v) is 9.90. The van der Waals surface area contributed by atoms with Gasteiger partial charge >= 0.3 is 5.97 Å². The minimum atomic E-state index is -0.913. The highest BCUT2D eigenvalue weighted by Gasteiger charge is 2.12. The molecule has 0 amide bonds. The fourth-order valence-electron chi connectivity index (χ4n) is 1.53. The van der Waals surface area contributed by atoms with E-state index in [1.165, 1.54) is 0 Å². The predicted molar refractivity (Wildman–Crippen MR) is 67.5 cm³/mol. The normalized spacial score (nSPS) is 12.4. The molecule has 0 bridgehead atoms. The van der Waals surface area contributed by atoms with Gasteiger partial charge in [0.2, 0.25) is 0 Å². The standard InChI is InChI=1S/C12H11ClN2O2/c1-7(12(16)17)14-9-4-2-3-8-5-6-10(13)15-11(8)9/h2-7,14H,1H3,(H,16,17)/t7-/m0/s1. The fourth-order valence-corrected chi connectivity index (χ4v) is 1.68. The zero-order valence-electron chi connectivity index (χ0n) is 9.14. The lowest BCUT2D eigenvalue weighted by Crippen LogP contribution is -2.25. The van der Waals surface area contributed by atoms with Crippen LogP contribution in [-0.4, -0.2) is 22.1 Å². The molecule has 1 aromatic heterocycles. The molecule has 0 spiro atoms. The molecule has 88 valence electrons. The number of fused-ring (bicyclic) bond motifs is 1. The molecule has 0 fully saturated rings. The second-order valence-electron chi connectivity index (χ2n) is 3.72. The van der Waals surface area contributed by atoms with E-state index < -0.39 is 12.0 Å². The number of carbonyl (C=O) groups is 1. The van der Waals surface area contributed by atoms with E-state index in [9.17, 15) is 4.79 Å². The molecule has 0 saturated carbocycles. The Hall–Kier alpha value is -1.81. The van der Waals surface area contributed by atoms with Crippen molar-refractivity contribution in [3.63, 3.8) is 0 Å². The number of aliphatic carboxylic acids is 1. The first-order valence-electron chi connectivity index (χ1n) is 5.12. The van der Waals surface area contributed by atoms with Crippen LogP contribution in [0.15, 0.2) is 30.3 Å². The van der Waals surface area contributed by atoms with Crippen LogP contribution in [0.1, 0.15) is 6.92 Å². The molecule has 1 heterocycles. The minimum Gasteiger partial charge on any atom is -0.480 e. The van der Waals surface area contributed by atoms with E-state index >= 15 is 0 Å². The average Bonchev–Trinajstić information content (AvgIpc) is 2.29. The summed E-state index contributed by atoms with van der Waals surface area (Å²) in [4.78, 5) is 15.0. The van der Waals surface area contributed by atoms with Gasteiger partial charge in [0.25, 0.3) is 0 Å². The molecular formula is C12H11ClN2O2. The first-order valence-corrected chi connectivity index (χ1v) is 5.50. The second kappa shape index (κ2) is 4.59. The predicted octanol–water partition coefficient (Wildman–Crippen LogP) is 2.77. The number of carboxylic acid groups (broad SMARTS) is 1. The molecule has 4 nitrogen and oxygen atoms in total. The van der Waals surface area contributed by atoms with E-state index in [4.69, 9.17) is 16.7 Å². The topological polar surface area (TPSA) is 62.2 Å². The quantitative estimate of drug-likeness (QED) is 0.823. The molecule has 2 rings (SSSR count). The van der Waals surface area contributed by atoms with Crippen molar-refractivity contribution >= 4 is 34.2 Å². The van der Waals surface area contributed by atoms with Crippen LogP contribution in [0.3, 0.4) is 0 Å². The van der Waals surface area contributed by atoms with Gasteiger partial charge in [0.05, 0.1) is 11.2 Å². The van der Waals surface area contributed by atoms with E-state index in [1.807, 2.05) is 18.2 Å². The molecule has 17 heavy (non-hydrogen) atoms. The summed E-state index contributed by atoms with van der Waals surface area (Å²) in [6.45, 7) is 1.58. The van der Waals surface area contributed by atoms with E-state index in [1.54, 1.807) is 19.1 Å². The Balaban J connectivity index is 2.46. The van der Waals surface area contributed by atoms with E-state index in [2.05, 4.69) is 10.3 Å². The van der Waals surface area contributed by atoms with E-state index in [-0.39, 0.29) is 0 Å². The zero-order chi connectivity index (χ0) is 12.4. The number of hydrogen-bond acceptors (Lipinski definition) is 3. The molecule has 0 aliphatic heterocycles. The number of rotatable bonds is 3. The first kappa shape index (κ1) is 11.7. The fraction of sp³-hybridized carbons (Fsp3) is 0.167. The molecule has 0 saturated heterocycles. The monoisotopic (exact) mass is 250 g/mol. The summed E-state index contributed by atoms with van der Waals surface area (Å²) in [7, 11) is 0. The van der Waals surface area contributed by atoms with Gasteiger partial charge in [-0.1, -0.05) is 23.7 Å². The summed E-state index contributed by atoms with van der Waals surface area (Å²) in [6, 6.07) is 8.39. The van der Waals surface area contributed by atoms with Crippen LogP contribution in [0.4, 0.5) is 5.69 Å². The lowest BCUT2D eigenvalue weighted by Gasteiger charge is -2.12. The number of hydrogen-bond donors (Lipinski definition) is 2. The molecule has 2 N–H and O–H groups in total. The van der Waals surface area contributed by atoms with E-state index in [0.717, 1.165) is 5.39 Å². The molecule has 5 heteroatoms. The number of carboxylic acids is 1. The molecule has 2 aromatic rings. The van der Waals surface area contributed by atoms with Gasteiger partial charge in [-0.15, -0.1) is 0 Å². The Kier molecular flexibility index (Phi) is 3.15. The van der Waals surface area contributed by atoms with Crippen molar-refractivity contribution in [2.24, 2.45) is 0 Å². The van der Waals surface area contributed by atoms with Crippen molar-refractivity contribution in [3.8, 4) is 0 Å². The molecule has 0 aliphatic rings. The highest BCUT2D eigenvalue weighted by Crippen LogP contribution is 2.23. The number of aromatic nitrogens is 1. The van der Waals surface area contributed by atoms with Gasteiger partial charge in [0, 0.05) is 5.39 Å². The summed E-state index contributed by atoms with van der Waals surface area (Å²) in [5.41, 5.74) is 1.34.